The predicted molar refractivity (Wildman–Crippen MR) is 104 cm³/mol. The molecular weight excluding hydrogens is 378 g/mol. The number of hydrogen-bond acceptors (Lipinski definition) is 8. The Morgan fingerprint density at radius 1 is 0.759 bits per heavy atom. The Balaban J connectivity index is 1.84. The summed E-state index contributed by atoms with van der Waals surface area (Å²) in [7, 11) is 0. The molecule has 0 spiro atoms. The van der Waals surface area contributed by atoms with E-state index in [1.165, 1.54) is 18.2 Å². The van der Waals surface area contributed by atoms with E-state index in [9.17, 15) is 20.3 Å². The zero-order valence-corrected chi connectivity index (χ0v) is 15.1. The quantitative estimate of drug-likeness (QED) is 0.269. The molecule has 0 aromatic heterocycles. The van der Waals surface area contributed by atoms with Crippen LogP contribution in [0.4, 0.5) is 5.69 Å². The molecule has 2 atom stereocenters. The lowest BCUT2D eigenvalue weighted by Crippen LogP contribution is -2.07. The minimum absolute atomic E-state index is 0.0115. The van der Waals surface area contributed by atoms with Gasteiger partial charge < -0.3 is 31.2 Å². The van der Waals surface area contributed by atoms with Gasteiger partial charge in [0.05, 0.1) is 4.92 Å². The minimum Gasteiger partial charge on any atom is -0.457 e. The maximum atomic E-state index is 11.3. The van der Waals surface area contributed by atoms with E-state index in [2.05, 4.69) is 0 Å². The molecule has 150 valence electrons. The van der Waals surface area contributed by atoms with Crippen LogP contribution in [0.1, 0.15) is 23.6 Å². The van der Waals surface area contributed by atoms with Gasteiger partial charge in [-0.3, -0.25) is 10.1 Å². The molecule has 0 heterocycles. The van der Waals surface area contributed by atoms with Crippen LogP contribution in [0, 0.1) is 10.1 Å². The second-order valence-corrected chi connectivity index (χ2v) is 6.12. The molecule has 3 rings (SSSR count). The molecule has 0 aliphatic carbocycles. The number of aliphatic hydroxyl groups excluding tert-OH is 2. The number of nitro groups is 1. The molecule has 0 aliphatic heterocycles. The summed E-state index contributed by atoms with van der Waals surface area (Å²) in [5, 5.41) is 30.0. The Bertz CT molecular complexity index is 988. The molecule has 2 unspecified atom stereocenters. The van der Waals surface area contributed by atoms with E-state index in [0.29, 0.717) is 28.4 Å². The fraction of sp³-hybridized carbons (Fsp3) is 0.100. The second-order valence-electron chi connectivity index (χ2n) is 6.12. The lowest BCUT2D eigenvalue weighted by Gasteiger charge is -2.11. The van der Waals surface area contributed by atoms with Crippen LogP contribution in [0.5, 0.6) is 23.0 Å². The van der Waals surface area contributed by atoms with Crippen LogP contribution < -0.4 is 20.9 Å². The molecular formula is C20H19N3O6. The van der Waals surface area contributed by atoms with Gasteiger partial charge in [0, 0.05) is 12.1 Å². The zero-order chi connectivity index (χ0) is 21.0. The Hall–Kier alpha value is -3.50. The van der Waals surface area contributed by atoms with Gasteiger partial charge in [0.1, 0.15) is 29.7 Å². The maximum absolute atomic E-state index is 11.3. The summed E-state index contributed by atoms with van der Waals surface area (Å²) in [6.07, 6.45) is -2.21. The highest BCUT2D eigenvalue weighted by molar-refractivity contribution is 5.53. The van der Waals surface area contributed by atoms with Gasteiger partial charge >= 0.3 is 5.69 Å². The largest absolute Gasteiger partial charge is 0.457 e. The van der Waals surface area contributed by atoms with Crippen LogP contribution in [0.25, 0.3) is 0 Å². The van der Waals surface area contributed by atoms with E-state index < -0.39 is 17.4 Å². The van der Waals surface area contributed by atoms with Crippen molar-refractivity contribution < 1.29 is 24.6 Å². The number of nitro benzene ring substituents is 1. The second kappa shape index (κ2) is 8.67. The molecule has 0 saturated heterocycles. The van der Waals surface area contributed by atoms with Crippen LogP contribution >= 0.6 is 0 Å². The highest BCUT2D eigenvalue weighted by atomic mass is 16.6. The van der Waals surface area contributed by atoms with Gasteiger partial charge in [-0.1, -0.05) is 24.3 Å². The molecule has 0 bridgehead atoms. The van der Waals surface area contributed by atoms with Gasteiger partial charge in [-0.05, 0) is 41.5 Å². The van der Waals surface area contributed by atoms with Crippen molar-refractivity contribution in [2.24, 2.45) is 11.5 Å². The average molecular weight is 397 g/mol. The van der Waals surface area contributed by atoms with Crippen LogP contribution in [0.15, 0.2) is 66.7 Å². The van der Waals surface area contributed by atoms with Gasteiger partial charge in [0.15, 0.2) is 0 Å². The fourth-order valence-electron chi connectivity index (χ4n) is 2.52. The fourth-order valence-corrected chi connectivity index (χ4v) is 2.52. The summed E-state index contributed by atoms with van der Waals surface area (Å²) in [6.45, 7) is 0. The summed E-state index contributed by atoms with van der Waals surface area (Å²) in [6, 6.07) is 16.8. The van der Waals surface area contributed by atoms with Gasteiger partial charge in [0.2, 0.25) is 5.75 Å². The van der Waals surface area contributed by atoms with Crippen molar-refractivity contribution in [3.05, 3.63) is 88.0 Å². The molecule has 3 aromatic carbocycles. The third-order valence-corrected chi connectivity index (χ3v) is 4.03. The first-order valence-electron chi connectivity index (χ1n) is 8.55. The molecule has 6 N–H and O–H groups in total. The number of hydrogen-bond donors (Lipinski definition) is 4. The molecule has 0 amide bonds. The van der Waals surface area contributed by atoms with Gasteiger partial charge in [-0.2, -0.15) is 0 Å². The van der Waals surface area contributed by atoms with Crippen LogP contribution in [0.2, 0.25) is 0 Å². The van der Waals surface area contributed by atoms with Crippen LogP contribution in [-0.2, 0) is 0 Å². The van der Waals surface area contributed by atoms with E-state index in [1.807, 2.05) is 0 Å². The molecule has 3 aromatic rings. The van der Waals surface area contributed by atoms with E-state index in [1.54, 1.807) is 48.5 Å². The smallest absolute Gasteiger partial charge is 0.311 e. The number of aliphatic hydroxyl groups is 2. The SMILES string of the molecule is NC(O)c1ccc(Oc2ccc([N+](=O)[O-])c(Oc3ccc(C(N)O)cc3)c2)cc1. The Morgan fingerprint density at radius 2 is 1.21 bits per heavy atom. The first-order chi connectivity index (χ1) is 13.8. The molecule has 0 radical (unpaired) electrons. The highest BCUT2D eigenvalue weighted by Gasteiger charge is 2.18. The normalized spacial score (nSPS) is 12.8. The van der Waals surface area contributed by atoms with Crippen molar-refractivity contribution in [3.8, 4) is 23.0 Å². The molecule has 0 fully saturated rings. The molecule has 9 nitrogen and oxygen atoms in total. The molecule has 9 heteroatoms. The monoisotopic (exact) mass is 397 g/mol. The number of rotatable bonds is 7. The molecule has 29 heavy (non-hydrogen) atoms. The van der Waals surface area contributed by atoms with Crippen molar-refractivity contribution >= 4 is 5.69 Å². The summed E-state index contributed by atoms with van der Waals surface area (Å²) < 4.78 is 11.3. The topological polar surface area (TPSA) is 154 Å². The zero-order valence-electron chi connectivity index (χ0n) is 15.1. The van der Waals surface area contributed by atoms with Gasteiger partial charge in [0.25, 0.3) is 0 Å². The van der Waals surface area contributed by atoms with Crippen LogP contribution in [0.3, 0.4) is 0 Å². The standard InChI is InChI=1S/C20H19N3O6/c21-19(24)12-1-5-14(6-2-12)28-16-9-10-17(23(26)27)18(11-16)29-15-7-3-13(4-8-15)20(22)25/h1-11,19-20,24-25H,21-22H2. The Kier molecular flexibility index (Phi) is 6.05. The summed E-state index contributed by atoms with van der Waals surface area (Å²) >= 11 is 0. The van der Waals surface area contributed by atoms with Crippen molar-refractivity contribution in [2.45, 2.75) is 12.5 Å². The average Bonchev–Trinajstić information content (AvgIpc) is 2.69. The highest BCUT2D eigenvalue weighted by Crippen LogP contribution is 2.36. The van der Waals surface area contributed by atoms with Crippen molar-refractivity contribution in [2.75, 3.05) is 0 Å². The van der Waals surface area contributed by atoms with E-state index in [0.717, 1.165) is 0 Å². The maximum Gasteiger partial charge on any atom is 0.311 e. The molecule has 0 saturated carbocycles. The van der Waals surface area contributed by atoms with Crippen molar-refractivity contribution in [3.63, 3.8) is 0 Å². The number of nitrogens with zero attached hydrogens (tertiary/aromatic N) is 1. The lowest BCUT2D eigenvalue weighted by atomic mass is 10.2. The van der Waals surface area contributed by atoms with Crippen molar-refractivity contribution in [1.82, 2.24) is 0 Å². The van der Waals surface area contributed by atoms with E-state index >= 15 is 0 Å². The number of ether oxygens (including phenoxy) is 2. The summed E-state index contributed by atoms with van der Waals surface area (Å²) in [5.41, 5.74) is 11.6. The first kappa shape index (κ1) is 20.2. The summed E-state index contributed by atoms with van der Waals surface area (Å²) in [5.74, 6) is 1.09. The van der Waals surface area contributed by atoms with E-state index in [4.69, 9.17) is 20.9 Å². The third-order valence-electron chi connectivity index (χ3n) is 4.03. The summed E-state index contributed by atoms with van der Waals surface area (Å²) in [4.78, 5) is 10.8. The first-order valence-corrected chi connectivity index (χ1v) is 8.55. The Morgan fingerprint density at radius 3 is 1.66 bits per heavy atom. The van der Waals surface area contributed by atoms with Gasteiger partial charge in [-0.15, -0.1) is 0 Å². The van der Waals surface area contributed by atoms with Crippen LogP contribution in [-0.4, -0.2) is 15.1 Å². The van der Waals surface area contributed by atoms with E-state index in [-0.39, 0.29) is 11.4 Å². The number of benzene rings is 3. The predicted octanol–water partition coefficient (Wildman–Crippen LogP) is 3.08. The van der Waals surface area contributed by atoms with Crippen molar-refractivity contribution in [1.29, 1.82) is 0 Å². The lowest BCUT2D eigenvalue weighted by molar-refractivity contribution is -0.385. The third kappa shape index (κ3) is 5.06. The Labute approximate surface area is 165 Å². The number of nitrogens with two attached hydrogens (primary N) is 2. The van der Waals surface area contributed by atoms with Gasteiger partial charge in [-0.25, -0.2) is 0 Å². The molecule has 0 aliphatic rings. The minimum atomic E-state index is -1.12.